The van der Waals surface area contributed by atoms with Crippen LogP contribution in [0, 0.1) is 0 Å². The fraction of sp³-hybridized carbons (Fsp3) is 0.100. The fourth-order valence-corrected chi connectivity index (χ4v) is 8.15. The monoisotopic (exact) mass is 616 g/mol. The SMILES string of the molecule is O.O.O.O=C1C2=C(C(=O)c3ccccc31)C(S(=O)(=O)[O-])C(Oc1ccccc1)(S(=O)(=O)[O-])C(S(=O)(=O)[O-])=C2.[Na+]. The molecule has 2 unspecified atom stereocenters. The van der Waals surface area contributed by atoms with Gasteiger partial charge in [-0.3, -0.25) is 9.59 Å². The van der Waals surface area contributed by atoms with Crippen molar-refractivity contribution in [1.29, 1.82) is 0 Å². The van der Waals surface area contributed by atoms with Gasteiger partial charge in [0.1, 0.15) is 41.4 Å². The van der Waals surface area contributed by atoms with Crippen LogP contribution in [0.25, 0.3) is 0 Å². The maximum absolute atomic E-state index is 13.3. The largest absolute Gasteiger partial charge is 1.00 e. The average molecular weight is 617 g/mol. The molecule has 2 aromatic carbocycles. The van der Waals surface area contributed by atoms with Gasteiger partial charge in [0.15, 0.2) is 11.6 Å². The van der Waals surface area contributed by atoms with Gasteiger partial charge in [0.05, 0.1) is 4.91 Å². The number of carbonyl (C=O) groups is 2. The molecule has 15 nitrogen and oxygen atoms in total. The van der Waals surface area contributed by atoms with E-state index in [4.69, 9.17) is 4.74 Å². The molecule has 6 N–H and O–H groups in total. The maximum Gasteiger partial charge on any atom is 1.00 e. The van der Waals surface area contributed by atoms with Gasteiger partial charge in [-0.25, -0.2) is 25.3 Å². The van der Waals surface area contributed by atoms with Crippen LogP contribution in [-0.4, -0.2) is 77.1 Å². The van der Waals surface area contributed by atoms with Crippen molar-refractivity contribution in [2.24, 2.45) is 0 Å². The van der Waals surface area contributed by atoms with Gasteiger partial charge < -0.3 is 34.8 Å². The third kappa shape index (κ3) is 5.92. The molecule has 2 atom stereocenters. The number of hydrogen-bond donors (Lipinski definition) is 0. The van der Waals surface area contributed by atoms with Crippen molar-refractivity contribution in [2.45, 2.75) is 10.2 Å². The van der Waals surface area contributed by atoms with Crippen LogP contribution in [0.5, 0.6) is 5.75 Å². The number of carbonyl (C=O) groups excluding carboxylic acids is 2. The summed E-state index contributed by atoms with van der Waals surface area (Å²) in [5, 5.41) is -3.42. The van der Waals surface area contributed by atoms with E-state index in [9.17, 15) is 48.5 Å². The molecule has 0 heterocycles. The zero-order chi connectivity index (χ0) is 26.0. The standard InChI is InChI=1S/C20H14O12S3.Na.3H2O/c21-17-12-8-4-5-9-13(12)18(22)16-14(17)10-15(33(23,24)25)20(35(29,30)31,19(16)34(26,27)28)32-11-6-2-1-3-7-11;;;;/h1-10,19H,(H,23,24,25)(H,26,27,28)(H,29,30,31);;3*1H2/q;+1;;;/p-3. The molecule has 19 heteroatoms. The summed E-state index contributed by atoms with van der Waals surface area (Å²) < 4.78 is 117. The average Bonchev–Trinajstić information content (AvgIpc) is 2.75. The molecule has 0 aliphatic heterocycles. The zero-order valence-electron chi connectivity index (χ0n) is 19.5. The fourth-order valence-electron chi connectivity index (χ4n) is 4.02. The summed E-state index contributed by atoms with van der Waals surface area (Å²) in [4.78, 5) is 20.0. The van der Waals surface area contributed by atoms with Crippen LogP contribution in [0.15, 0.2) is 76.7 Å². The van der Waals surface area contributed by atoms with Crippen molar-refractivity contribution < 1.29 is 99.2 Å². The van der Waals surface area contributed by atoms with Gasteiger partial charge in [0, 0.05) is 22.3 Å². The molecule has 39 heavy (non-hydrogen) atoms. The molecule has 4 rings (SSSR count). The molecule has 0 fully saturated rings. The minimum Gasteiger partial charge on any atom is -0.747 e. The van der Waals surface area contributed by atoms with E-state index in [0.717, 1.165) is 24.3 Å². The third-order valence-corrected chi connectivity index (χ3v) is 9.03. The van der Waals surface area contributed by atoms with Crippen LogP contribution in [0.2, 0.25) is 0 Å². The van der Waals surface area contributed by atoms with E-state index in [2.05, 4.69) is 0 Å². The first-order valence-electron chi connectivity index (χ1n) is 9.35. The number of ether oxygens (including phenoxy) is 1. The minimum atomic E-state index is -6.42. The van der Waals surface area contributed by atoms with Crippen molar-refractivity contribution in [1.82, 2.24) is 0 Å². The predicted octanol–water partition coefficient (Wildman–Crippen LogP) is -5.43. The Morgan fingerprint density at radius 3 is 1.62 bits per heavy atom. The summed E-state index contributed by atoms with van der Waals surface area (Å²) in [5.41, 5.74) is -3.11. The molecular weight excluding hydrogens is 599 g/mol. The molecule has 2 aromatic rings. The first kappa shape index (κ1) is 36.7. The van der Waals surface area contributed by atoms with Crippen molar-refractivity contribution in [3.63, 3.8) is 0 Å². The zero-order valence-corrected chi connectivity index (χ0v) is 23.9. The Bertz CT molecular complexity index is 1680. The van der Waals surface area contributed by atoms with Crippen LogP contribution in [0.3, 0.4) is 0 Å². The van der Waals surface area contributed by atoms with Gasteiger partial charge in [-0.2, -0.15) is 0 Å². The van der Waals surface area contributed by atoms with E-state index in [1.54, 1.807) is 0 Å². The van der Waals surface area contributed by atoms with Crippen molar-refractivity contribution in [3.05, 3.63) is 87.9 Å². The van der Waals surface area contributed by atoms with E-state index in [-0.39, 0.29) is 57.6 Å². The molecule has 0 radical (unpaired) electrons. The molecule has 2 aliphatic rings. The quantitative estimate of drug-likeness (QED) is 0.224. The van der Waals surface area contributed by atoms with E-state index < -0.39 is 79.5 Å². The van der Waals surface area contributed by atoms with E-state index in [1.807, 2.05) is 0 Å². The summed E-state index contributed by atoms with van der Waals surface area (Å²) in [6.07, 6.45) is 0.105. The van der Waals surface area contributed by atoms with Crippen LogP contribution in [0.4, 0.5) is 0 Å². The predicted molar refractivity (Wildman–Crippen MR) is 124 cm³/mol. The van der Waals surface area contributed by atoms with Crippen LogP contribution in [0.1, 0.15) is 20.7 Å². The summed E-state index contributed by atoms with van der Waals surface area (Å²) in [6.45, 7) is 0. The molecular formula is C20H17NaO15S3-2. The number of Topliss-reactive ketones (excluding diaryl/α,β-unsaturated/α-hetero) is 2. The number of benzene rings is 2. The normalized spacial score (nSPS) is 20.5. The molecule has 0 aromatic heterocycles. The Labute approximate surface area is 243 Å². The molecule has 0 saturated heterocycles. The summed E-state index contributed by atoms with van der Waals surface area (Å²) in [5.74, 6) is -3.15. The van der Waals surface area contributed by atoms with E-state index in [0.29, 0.717) is 0 Å². The second kappa shape index (κ2) is 12.0. The smallest absolute Gasteiger partial charge is 0.747 e. The van der Waals surface area contributed by atoms with E-state index in [1.165, 1.54) is 30.3 Å². The first-order valence-corrected chi connectivity index (χ1v) is 13.6. The summed E-state index contributed by atoms with van der Waals surface area (Å²) in [7, 11) is -18.7. The number of hydrogen-bond acceptors (Lipinski definition) is 12. The van der Waals surface area contributed by atoms with E-state index >= 15 is 0 Å². The topological polar surface area (TPSA) is 309 Å². The minimum absolute atomic E-state index is 0. The Balaban J connectivity index is 0.00000361. The molecule has 0 amide bonds. The van der Waals surface area contributed by atoms with Crippen molar-refractivity contribution >= 4 is 41.9 Å². The van der Waals surface area contributed by atoms with Gasteiger partial charge in [0.2, 0.25) is 0 Å². The second-order valence-electron chi connectivity index (χ2n) is 7.40. The van der Waals surface area contributed by atoms with Crippen LogP contribution in [-0.2, 0) is 30.4 Å². The Morgan fingerprint density at radius 2 is 1.18 bits per heavy atom. The Kier molecular flexibility index (Phi) is 11.3. The number of ketones is 2. The first-order chi connectivity index (χ1) is 16.1. The number of rotatable bonds is 5. The molecule has 0 saturated carbocycles. The van der Waals surface area contributed by atoms with Gasteiger partial charge >= 0.3 is 29.6 Å². The number of para-hydroxylation sites is 1. The number of fused-ring (bicyclic) bond motifs is 1. The third-order valence-electron chi connectivity index (χ3n) is 5.36. The molecule has 0 bridgehead atoms. The Hall–Kier alpha value is -2.33. The maximum atomic E-state index is 13.3. The van der Waals surface area contributed by atoms with Crippen LogP contribution < -0.4 is 34.3 Å². The van der Waals surface area contributed by atoms with Crippen molar-refractivity contribution in [2.75, 3.05) is 0 Å². The molecule has 0 spiro atoms. The second-order valence-corrected chi connectivity index (χ2v) is 11.7. The van der Waals surface area contributed by atoms with Gasteiger partial charge in [-0.15, -0.1) is 0 Å². The van der Waals surface area contributed by atoms with Gasteiger partial charge in [-0.05, 0) is 18.2 Å². The van der Waals surface area contributed by atoms with Crippen LogP contribution >= 0.6 is 0 Å². The summed E-state index contributed by atoms with van der Waals surface area (Å²) in [6, 6.07) is 10.6. The molecule has 208 valence electrons. The van der Waals surface area contributed by atoms with Gasteiger partial charge in [0.25, 0.3) is 4.93 Å². The molecule has 2 aliphatic carbocycles. The number of allylic oxidation sites excluding steroid dienone is 2. The van der Waals surface area contributed by atoms with Gasteiger partial charge in [-0.1, -0.05) is 42.5 Å². The Morgan fingerprint density at radius 1 is 0.718 bits per heavy atom. The van der Waals surface area contributed by atoms with Crippen molar-refractivity contribution in [3.8, 4) is 5.75 Å². The summed E-state index contributed by atoms with van der Waals surface area (Å²) >= 11 is 0.